The highest BCUT2D eigenvalue weighted by Crippen LogP contribution is 2.18. The maximum absolute atomic E-state index is 5.77. The van der Waals surface area contributed by atoms with Crippen LogP contribution in [0.1, 0.15) is 36.5 Å². The molecule has 0 amide bonds. The molecule has 1 unspecified atom stereocenters. The zero-order chi connectivity index (χ0) is 12.8. The summed E-state index contributed by atoms with van der Waals surface area (Å²) >= 11 is 0. The first-order valence-corrected chi connectivity index (χ1v) is 6.30. The highest BCUT2D eigenvalue weighted by Gasteiger charge is 2.04. The summed E-state index contributed by atoms with van der Waals surface area (Å²) in [5.41, 5.74) is 15.3. The molecule has 0 aliphatic heterocycles. The zero-order valence-corrected chi connectivity index (χ0v) is 11.2. The molecule has 0 fully saturated rings. The first-order chi connectivity index (χ1) is 8.04. The van der Waals surface area contributed by atoms with Crippen LogP contribution >= 0.6 is 0 Å². The molecule has 17 heavy (non-hydrogen) atoms. The van der Waals surface area contributed by atoms with E-state index in [4.69, 9.17) is 11.5 Å². The Morgan fingerprint density at radius 3 is 2.59 bits per heavy atom. The van der Waals surface area contributed by atoms with Crippen LogP contribution in [0.15, 0.2) is 18.2 Å². The average Bonchev–Trinajstić information content (AvgIpc) is 2.30. The summed E-state index contributed by atoms with van der Waals surface area (Å²) in [6, 6.07) is 6.72. The standard InChI is InChI=1S/C14H25N3/c1-10(2)12-5-4-11(3)13(6-12)8-17-9-14(16)7-15/h4-6,10,14,17H,7-9,15-16H2,1-3H3. The van der Waals surface area contributed by atoms with E-state index in [1.54, 1.807) is 0 Å². The monoisotopic (exact) mass is 235 g/mol. The van der Waals surface area contributed by atoms with Gasteiger partial charge in [0, 0.05) is 25.7 Å². The summed E-state index contributed by atoms with van der Waals surface area (Å²) in [6.07, 6.45) is 0. The molecule has 1 aromatic rings. The minimum Gasteiger partial charge on any atom is -0.329 e. The van der Waals surface area contributed by atoms with Crippen LogP contribution in [-0.4, -0.2) is 19.1 Å². The molecule has 1 aromatic carbocycles. The summed E-state index contributed by atoms with van der Waals surface area (Å²) in [7, 11) is 0. The largest absolute Gasteiger partial charge is 0.329 e. The Morgan fingerprint density at radius 2 is 2.00 bits per heavy atom. The Labute approximate surface area is 105 Å². The summed E-state index contributed by atoms with van der Waals surface area (Å²) in [5.74, 6) is 0.570. The summed E-state index contributed by atoms with van der Waals surface area (Å²) in [6.45, 7) is 8.72. The lowest BCUT2D eigenvalue weighted by Gasteiger charge is -2.14. The maximum Gasteiger partial charge on any atom is 0.0290 e. The molecule has 0 radical (unpaired) electrons. The molecule has 3 nitrogen and oxygen atoms in total. The van der Waals surface area contributed by atoms with Gasteiger partial charge in [0.2, 0.25) is 0 Å². The number of aryl methyl sites for hydroxylation is 1. The Hall–Kier alpha value is -0.900. The van der Waals surface area contributed by atoms with Gasteiger partial charge in [-0.1, -0.05) is 32.0 Å². The maximum atomic E-state index is 5.77. The second kappa shape index (κ2) is 6.74. The number of nitrogens with two attached hydrogens (primary N) is 2. The van der Waals surface area contributed by atoms with Crippen LogP contribution < -0.4 is 16.8 Å². The van der Waals surface area contributed by atoms with Gasteiger partial charge in [-0.3, -0.25) is 0 Å². The van der Waals surface area contributed by atoms with Crippen LogP contribution in [0.25, 0.3) is 0 Å². The fraction of sp³-hybridized carbons (Fsp3) is 0.571. The van der Waals surface area contributed by atoms with Gasteiger partial charge in [-0.05, 0) is 29.5 Å². The number of rotatable bonds is 6. The van der Waals surface area contributed by atoms with E-state index in [2.05, 4.69) is 44.3 Å². The molecule has 0 saturated heterocycles. The third-order valence-corrected chi connectivity index (χ3v) is 3.06. The number of hydrogen-bond donors (Lipinski definition) is 3. The fourth-order valence-electron chi connectivity index (χ4n) is 1.72. The van der Waals surface area contributed by atoms with Crippen LogP contribution in [-0.2, 0) is 6.54 Å². The lowest BCUT2D eigenvalue weighted by Crippen LogP contribution is -2.39. The zero-order valence-electron chi connectivity index (χ0n) is 11.2. The average molecular weight is 235 g/mol. The predicted molar refractivity (Wildman–Crippen MR) is 74.0 cm³/mol. The summed E-state index contributed by atoms with van der Waals surface area (Å²) in [5, 5.41) is 3.35. The molecule has 0 aliphatic carbocycles. The lowest BCUT2D eigenvalue weighted by atomic mass is 9.98. The second-order valence-corrected chi connectivity index (χ2v) is 4.97. The van der Waals surface area contributed by atoms with Crippen LogP contribution in [0.5, 0.6) is 0 Å². The van der Waals surface area contributed by atoms with Crippen LogP contribution in [0.3, 0.4) is 0 Å². The molecule has 0 aromatic heterocycles. The van der Waals surface area contributed by atoms with Gasteiger partial charge in [0.1, 0.15) is 0 Å². The normalized spacial score (nSPS) is 13.1. The van der Waals surface area contributed by atoms with E-state index in [1.807, 2.05) is 0 Å². The Kier molecular flexibility index (Phi) is 5.62. The molecule has 1 rings (SSSR count). The molecule has 0 saturated carbocycles. The Morgan fingerprint density at radius 1 is 1.29 bits per heavy atom. The van der Waals surface area contributed by atoms with Crippen molar-refractivity contribution in [2.24, 2.45) is 11.5 Å². The topological polar surface area (TPSA) is 64.1 Å². The van der Waals surface area contributed by atoms with Crippen molar-refractivity contribution in [3.63, 3.8) is 0 Å². The van der Waals surface area contributed by atoms with Gasteiger partial charge in [0.15, 0.2) is 0 Å². The molecular formula is C14H25N3. The van der Waals surface area contributed by atoms with Gasteiger partial charge >= 0.3 is 0 Å². The highest BCUT2D eigenvalue weighted by atomic mass is 14.9. The SMILES string of the molecule is Cc1ccc(C(C)C)cc1CNCC(N)CN. The van der Waals surface area contributed by atoms with Crippen molar-refractivity contribution in [2.45, 2.75) is 39.3 Å². The minimum atomic E-state index is 0.0450. The summed E-state index contributed by atoms with van der Waals surface area (Å²) < 4.78 is 0. The highest BCUT2D eigenvalue weighted by molar-refractivity contribution is 5.32. The van der Waals surface area contributed by atoms with Gasteiger partial charge in [0.05, 0.1) is 0 Å². The second-order valence-electron chi connectivity index (χ2n) is 4.97. The van der Waals surface area contributed by atoms with E-state index >= 15 is 0 Å². The third-order valence-electron chi connectivity index (χ3n) is 3.06. The van der Waals surface area contributed by atoms with E-state index in [9.17, 15) is 0 Å². The quantitative estimate of drug-likeness (QED) is 0.700. The van der Waals surface area contributed by atoms with E-state index in [1.165, 1.54) is 16.7 Å². The molecule has 96 valence electrons. The van der Waals surface area contributed by atoms with Gasteiger partial charge in [-0.15, -0.1) is 0 Å². The molecule has 3 heteroatoms. The van der Waals surface area contributed by atoms with Crippen LogP contribution in [0.4, 0.5) is 0 Å². The molecule has 0 heterocycles. The van der Waals surface area contributed by atoms with E-state index in [0.717, 1.165) is 13.1 Å². The first kappa shape index (κ1) is 14.2. The van der Waals surface area contributed by atoms with E-state index < -0.39 is 0 Å². The van der Waals surface area contributed by atoms with E-state index in [0.29, 0.717) is 12.5 Å². The van der Waals surface area contributed by atoms with Gasteiger partial charge in [-0.2, -0.15) is 0 Å². The number of nitrogens with one attached hydrogen (secondary N) is 1. The molecule has 1 atom stereocenters. The van der Waals surface area contributed by atoms with Crippen molar-refractivity contribution < 1.29 is 0 Å². The fourth-order valence-corrected chi connectivity index (χ4v) is 1.72. The predicted octanol–water partition coefficient (Wildman–Crippen LogP) is 1.49. The molecule has 5 N–H and O–H groups in total. The molecular weight excluding hydrogens is 210 g/mol. The lowest BCUT2D eigenvalue weighted by molar-refractivity contribution is 0.581. The van der Waals surface area contributed by atoms with Crippen LogP contribution in [0.2, 0.25) is 0 Å². The molecule has 0 bridgehead atoms. The smallest absolute Gasteiger partial charge is 0.0290 e. The first-order valence-electron chi connectivity index (χ1n) is 6.30. The van der Waals surface area contributed by atoms with Gasteiger partial charge < -0.3 is 16.8 Å². The minimum absolute atomic E-state index is 0.0450. The van der Waals surface area contributed by atoms with Crippen molar-refractivity contribution in [3.05, 3.63) is 34.9 Å². The van der Waals surface area contributed by atoms with Gasteiger partial charge in [-0.25, -0.2) is 0 Å². The van der Waals surface area contributed by atoms with Gasteiger partial charge in [0.25, 0.3) is 0 Å². The van der Waals surface area contributed by atoms with Crippen molar-refractivity contribution in [2.75, 3.05) is 13.1 Å². The summed E-state index contributed by atoms with van der Waals surface area (Å²) in [4.78, 5) is 0. The third kappa shape index (κ3) is 4.46. The Balaban J connectivity index is 2.60. The Bertz CT molecular complexity index is 347. The van der Waals surface area contributed by atoms with Crippen molar-refractivity contribution in [3.8, 4) is 0 Å². The van der Waals surface area contributed by atoms with Crippen molar-refractivity contribution in [1.82, 2.24) is 5.32 Å². The van der Waals surface area contributed by atoms with Crippen LogP contribution in [0, 0.1) is 6.92 Å². The molecule has 0 aliphatic rings. The van der Waals surface area contributed by atoms with E-state index in [-0.39, 0.29) is 6.04 Å². The number of hydrogen-bond acceptors (Lipinski definition) is 3. The number of benzene rings is 1. The van der Waals surface area contributed by atoms with Crippen molar-refractivity contribution >= 4 is 0 Å². The molecule has 0 spiro atoms. The van der Waals surface area contributed by atoms with Crippen molar-refractivity contribution in [1.29, 1.82) is 0 Å².